The van der Waals surface area contributed by atoms with Gasteiger partial charge in [-0.1, -0.05) is 35.9 Å². The Morgan fingerprint density at radius 2 is 1.77 bits per heavy atom. The van der Waals surface area contributed by atoms with E-state index < -0.39 is 0 Å². The van der Waals surface area contributed by atoms with E-state index in [9.17, 15) is 9.59 Å². The van der Waals surface area contributed by atoms with E-state index in [2.05, 4.69) is 54.3 Å². The fourth-order valence-corrected chi connectivity index (χ4v) is 4.97. The Bertz CT molecular complexity index is 934. The number of hydrogen-bond donors (Lipinski definition) is 0. The first-order valence-corrected chi connectivity index (χ1v) is 11.6. The maximum absolute atomic E-state index is 13.1. The lowest BCUT2D eigenvalue weighted by Gasteiger charge is -2.37. The van der Waals surface area contributed by atoms with Crippen LogP contribution in [-0.2, 0) is 16.0 Å². The Kier molecular flexibility index (Phi) is 6.69. The van der Waals surface area contributed by atoms with Gasteiger partial charge in [-0.25, -0.2) is 0 Å². The molecule has 2 aliphatic heterocycles. The second-order valence-corrected chi connectivity index (χ2v) is 9.12. The minimum atomic E-state index is 0.0509. The summed E-state index contributed by atoms with van der Waals surface area (Å²) in [7, 11) is 0. The van der Waals surface area contributed by atoms with Crippen molar-refractivity contribution in [3.05, 3.63) is 65.0 Å². The molecule has 0 bridgehead atoms. The molecule has 0 unspecified atom stereocenters. The fourth-order valence-electron chi connectivity index (χ4n) is 4.97. The molecule has 0 spiro atoms. The predicted molar refractivity (Wildman–Crippen MR) is 122 cm³/mol. The second kappa shape index (κ2) is 9.63. The summed E-state index contributed by atoms with van der Waals surface area (Å²) in [5.41, 5.74) is 4.74. The molecule has 2 amide bonds. The Morgan fingerprint density at radius 1 is 1.00 bits per heavy atom. The van der Waals surface area contributed by atoms with Crippen LogP contribution in [0.2, 0.25) is 0 Å². The van der Waals surface area contributed by atoms with Crippen LogP contribution in [0.15, 0.2) is 42.5 Å². The first-order valence-electron chi connectivity index (χ1n) is 11.6. The van der Waals surface area contributed by atoms with Gasteiger partial charge in [-0.3, -0.25) is 14.6 Å². The SMILES string of the molecule is CC(=O)N1CCC(C(=O)N2CCC[C@H](c3cccc(Cc4cccc(C)c4)n3)C2)CC1. The summed E-state index contributed by atoms with van der Waals surface area (Å²) in [6.07, 6.45) is 4.49. The van der Waals surface area contributed by atoms with Crippen molar-refractivity contribution in [1.82, 2.24) is 14.8 Å². The van der Waals surface area contributed by atoms with Crippen LogP contribution in [0.5, 0.6) is 0 Å². The highest BCUT2D eigenvalue weighted by Gasteiger charge is 2.32. The smallest absolute Gasteiger partial charge is 0.225 e. The number of amides is 2. The molecule has 31 heavy (non-hydrogen) atoms. The predicted octanol–water partition coefficient (Wildman–Crippen LogP) is 3.95. The molecule has 5 nitrogen and oxygen atoms in total. The van der Waals surface area contributed by atoms with Crippen LogP contribution in [-0.4, -0.2) is 52.8 Å². The molecule has 1 aromatic carbocycles. The molecular formula is C26H33N3O2. The normalized spacial score (nSPS) is 20.0. The van der Waals surface area contributed by atoms with E-state index >= 15 is 0 Å². The van der Waals surface area contributed by atoms with Gasteiger partial charge in [0.1, 0.15) is 0 Å². The minimum Gasteiger partial charge on any atom is -0.343 e. The van der Waals surface area contributed by atoms with Gasteiger partial charge in [-0.15, -0.1) is 0 Å². The maximum Gasteiger partial charge on any atom is 0.225 e. The number of hydrogen-bond acceptors (Lipinski definition) is 3. The topological polar surface area (TPSA) is 53.5 Å². The Balaban J connectivity index is 1.39. The third-order valence-electron chi connectivity index (χ3n) is 6.74. The van der Waals surface area contributed by atoms with Crippen LogP contribution < -0.4 is 0 Å². The summed E-state index contributed by atoms with van der Waals surface area (Å²) in [6, 6.07) is 14.9. The summed E-state index contributed by atoms with van der Waals surface area (Å²) in [4.78, 5) is 33.6. The number of carbonyl (C=O) groups is 2. The lowest BCUT2D eigenvalue weighted by atomic mass is 9.90. The number of aromatic nitrogens is 1. The van der Waals surface area contributed by atoms with Gasteiger partial charge >= 0.3 is 0 Å². The summed E-state index contributed by atoms with van der Waals surface area (Å²) in [5.74, 6) is 0.729. The summed E-state index contributed by atoms with van der Waals surface area (Å²) in [6.45, 7) is 6.72. The summed E-state index contributed by atoms with van der Waals surface area (Å²) < 4.78 is 0. The molecule has 2 aromatic rings. The molecule has 164 valence electrons. The van der Waals surface area contributed by atoms with Gasteiger partial charge in [-0.05, 0) is 50.3 Å². The van der Waals surface area contributed by atoms with Gasteiger partial charge in [0.05, 0.1) is 0 Å². The van der Waals surface area contributed by atoms with E-state index in [1.165, 1.54) is 11.1 Å². The van der Waals surface area contributed by atoms with Gasteiger partial charge in [0.15, 0.2) is 0 Å². The fraction of sp³-hybridized carbons (Fsp3) is 0.500. The average Bonchev–Trinajstić information content (AvgIpc) is 2.79. The molecule has 2 aliphatic rings. The molecule has 3 heterocycles. The van der Waals surface area contributed by atoms with Crippen LogP contribution in [0.25, 0.3) is 0 Å². The minimum absolute atomic E-state index is 0.0509. The van der Waals surface area contributed by atoms with Crippen molar-refractivity contribution in [3.63, 3.8) is 0 Å². The summed E-state index contributed by atoms with van der Waals surface area (Å²) in [5, 5.41) is 0. The van der Waals surface area contributed by atoms with Gasteiger partial charge < -0.3 is 9.80 Å². The molecule has 2 saturated heterocycles. The molecule has 2 fully saturated rings. The molecular weight excluding hydrogens is 386 g/mol. The van der Waals surface area contributed by atoms with Gasteiger partial charge in [0.2, 0.25) is 11.8 Å². The zero-order valence-corrected chi connectivity index (χ0v) is 18.7. The molecule has 0 aliphatic carbocycles. The van der Waals surface area contributed by atoms with Crippen LogP contribution in [0, 0.1) is 12.8 Å². The van der Waals surface area contributed by atoms with Crippen molar-refractivity contribution in [2.45, 2.75) is 51.9 Å². The van der Waals surface area contributed by atoms with Gasteiger partial charge in [-0.2, -0.15) is 0 Å². The second-order valence-electron chi connectivity index (χ2n) is 9.12. The highest BCUT2D eigenvalue weighted by molar-refractivity contribution is 5.80. The lowest BCUT2D eigenvalue weighted by Crippen LogP contribution is -2.46. The molecule has 5 heteroatoms. The monoisotopic (exact) mass is 419 g/mol. The number of piperidine rings is 2. The van der Waals surface area contributed by atoms with Crippen molar-refractivity contribution in [2.75, 3.05) is 26.2 Å². The van der Waals surface area contributed by atoms with Crippen LogP contribution in [0.4, 0.5) is 0 Å². The first-order chi connectivity index (χ1) is 15.0. The van der Waals surface area contributed by atoms with E-state index in [1.807, 2.05) is 4.90 Å². The van der Waals surface area contributed by atoms with E-state index in [1.54, 1.807) is 6.92 Å². The number of nitrogens with zero attached hydrogens (tertiary/aromatic N) is 3. The zero-order valence-electron chi connectivity index (χ0n) is 18.7. The first kappa shape index (κ1) is 21.5. The van der Waals surface area contributed by atoms with Crippen LogP contribution in [0.1, 0.15) is 61.0 Å². The van der Waals surface area contributed by atoms with E-state index in [0.29, 0.717) is 19.0 Å². The number of aryl methyl sites for hydroxylation is 1. The van der Waals surface area contributed by atoms with E-state index in [0.717, 1.165) is 56.6 Å². The lowest BCUT2D eigenvalue weighted by molar-refractivity contribution is -0.141. The molecule has 1 aromatic heterocycles. The molecule has 0 radical (unpaired) electrons. The zero-order chi connectivity index (χ0) is 21.8. The number of benzene rings is 1. The Morgan fingerprint density at radius 3 is 2.52 bits per heavy atom. The Hall–Kier alpha value is -2.69. The number of carbonyl (C=O) groups excluding carboxylic acids is 2. The average molecular weight is 420 g/mol. The highest BCUT2D eigenvalue weighted by atomic mass is 16.2. The van der Waals surface area contributed by atoms with Crippen LogP contribution in [0.3, 0.4) is 0 Å². The number of likely N-dealkylation sites (tertiary alicyclic amines) is 2. The van der Waals surface area contributed by atoms with Crippen LogP contribution >= 0.6 is 0 Å². The van der Waals surface area contributed by atoms with Crippen molar-refractivity contribution in [3.8, 4) is 0 Å². The quantitative estimate of drug-likeness (QED) is 0.754. The Labute approximate surface area is 185 Å². The molecule has 1 atom stereocenters. The van der Waals surface area contributed by atoms with E-state index in [4.69, 9.17) is 4.98 Å². The van der Waals surface area contributed by atoms with Crippen molar-refractivity contribution >= 4 is 11.8 Å². The maximum atomic E-state index is 13.1. The number of rotatable bonds is 4. The highest BCUT2D eigenvalue weighted by Crippen LogP contribution is 2.29. The van der Waals surface area contributed by atoms with Crippen molar-refractivity contribution in [2.24, 2.45) is 5.92 Å². The van der Waals surface area contributed by atoms with Gasteiger partial charge in [0, 0.05) is 62.7 Å². The largest absolute Gasteiger partial charge is 0.343 e. The van der Waals surface area contributed by atoms with Crippen molar-refractivity contribution < 1.29 is 9.59 Å². The third kappa shape index (κ3) is 5.33. The number of pyridine rings is 1. The standard InChI is InChI=1S/C26H33N3O2/c1-19-6-3-7-21(16-19)17-24-9-4-10-25(27-24)23-8-5-13-29(18-23)26(31)22-11-14-28(15-12-22)20(2)30/h3-4,6-7,9-10,16,22-23H,5,8,11-15,17-18H2,1-2H3/t23-/m0/s1. The van der Waals surface area contributed by atoms with Crippen molar-refractivity contribution in [1.29, 1.82) is 0 Å². The molecule has 0 saturated carbocycles. The summed E-state index contributed by atoms with van der Waals surface area (Å²) >= 11 is 0. The van der Waals surface area contributed by atoms with Gasteiger partial charge in [0.25, 0.3) is 0 Å². The molecule has 4 rings (SSSR count). The van der Waals surface area contributed by atoms with E-state index in [-0.39, 0.29) is 17.7 Å². The molecule has 0 N–H and O–H groups in total. The third-order valence-corrected chi connectivity index (χ3v) is 6.74.